The van der Waals surface area contributed by atoms with Crippen molar-refractivity contribution in [2.24, 2.45) is 0 Å². The highest BCUT2D eigenvalue weighted by Crippen LogP contribution is 2.30. The number of hydrogen-bond donors (Lipinski definition) is 1. The molecule has 31 heavy (non-hydrogen) atoms. The Bertz CT molecular complexity index is 1180. The van der Waals surface area contributed by atoms with E-state index in [2.05, 4.69) is 28.5 Å². The van der Waals surface area contributed by atoms with E-state index < -0.39 is 0 Å². The number of hydrogen-bond acceptors (Lipinski definition) is 5. The number of carbonyl (C=O) groups excluding carboxylic acids is 1. The van der Waals surface area contributed by atoms with Gasteiger partial charge < -0.3 is 15.0 Å². The Morgan fingerprint density at radius 3 is 2.65 bits per heavy atom. The van der Waals surface area contributed by atoms with E-state index in [4.69, 9.17) is 9.72 Å². The van der Waals surface area contributed by atoms with Crippen LogP contribution in [-0.2, 0) is 0 Å². The van der Waals surface area contributed by atoms with E-state index >= 15 is 0 Å². The molecular weight excluding hydrogens is 408 g/mol. The highest BCUT2D eigenvalue weighted by molar-refractivity contribution is 7.23. The van der Waals surface area contributed by atoms with Crippen molar-refractivity contribution < 1.29 is 9.53 Å². The van der Waals surface area contributed by atoms with E-state index in [1.54, 1.807) is 18.4 Å². The Morgan fingerprint density at radius 1 is 1.16 bits per heavy atom. The van der Waals surface area contributed by atoms with Gasteiger partial charge in [0.05, 0.1) is 23.0 Å². The minimum atomic E-state index is -0.0218. The molecule has 0 fully saturated rings. The van der Waals surface area contributed by atoms with Gasteiger partial charge in [-0.15, -0.1) is 0 Å². The van der Waals surface area contributed by atoms with E-state index in [0.29, 0.717) is 12.1 Å². The number of ether oxygens (including phenoxy) is 1. The number of rotatable bonds is 9. The molecule has 2 aromatic carbocycles. The van der Waals surface area contributed by atoms with E-state index in [-0.39, 0.29) is 5.91 Å². The summed E-state index contributed by atoms with van der Waals surface area (Å²) in [5, 5.41) is 3.04. The molecule has 162 valence electrons. The molecule has 1 amide bonds. The molecule has 4 aromatic rings. The average Bonchev–Trinajstić information content (AvgIpc) is 3.36. The van der Waals surface area contributed by atoms with Crippen LogP contribution in [0, 0.1) is 0 Å². The maximum atomic E-state index is 12.6. The van der Waals surface area contributed by atoms with Crippen molar-refractivity contribution in [1.29, 1.82) is 0 Å². The second-order valence-electron chi connectivity index (χ2n) is 7.43. The first kappa shape index (κ1) is 21.3. The molecule has 0 saturated carbocycles. The largest absolute Gasteiger partial charge is 0.497 e. The van der Waals surface area contributed by atoms with Crippen LogP contribution >= 0.6 is 11.3 Å². The lowest BCUT2D eigenvalue weighted by atomic mass is 10.1. The number of thiazole rings is 1. The second-order valence-corrected chi connectivity index (χ2v) is 8.44. The monoisotopic (exact) mass is 436 g/mol. The molecule has 0 atom stereocenters. The van der Waals surface area contributed by atoms with E-state index in [0.717, 1.165) is 58.2 Å². The summed E-state index contributed by atoms with van der Waals surface area (Å²) >= 11 is 1.60. The van der Waals surface area contributed by atoms with Crippen LogP contribution in [0.5, 0.6) is 5.75 Å². The van der Waals surface area contributed by atoms with Crippen LogP contribution in [0.25, 0.3) is 26.4 Å². The van der Waals surface area contributed by atoms with Gasteiger partial charge in [-0.05, 0) is 68.5 Å². The molecule has 0 bridgehead atoms. The second kappa shape index (κ2) is 9.49. The molecule has 0 aliphatic heterocycles. The third-order valence-electron chi connectivity index (χ3n) is 5.57. The highest BCUT2D eigenvalue weighted by Gasteiger charge is 2.13. The van der Waals surface area contributed by atoms with Crippen molar-refractivity contribution in [1.82, 2.24) is 19.6 Å². The first-order valence-electron chi connectivity index (χ1n) is 10.7. The minimum absolute atomic E-state index is 0.0218. The summed E-state index contributed by atoms with van der Waals surface area (Å²) < 4.78 is 8.37. The Kier molecular flexibility index (Phi) is 6.53. The third kappa shape index (κ3) is 4.57. The molecule has 2 heterocycles. The summed E-state index contributed by atoms with van der Waals surface area (Å²) in [6.45, 7) is 8.10. The van der Waals surface area contributed by atoms with Gasteiger partial charge in [-0.2, -0.15) is 0 Å². The number of fused-ring (bicyclic) bond motifs is 3. The van der Waals surface area contributed by atoms with Crippen molar-refractivity contribution in [2.75, 3.05) is 33.3 Å². The summed E-state index contributed by atoms with van der Waals surface area (Å²) in [5.74, 6) is 0.806. The average molecular weight is 437 g/mol. The molecule has 0 spiro atoms. The molecule has 4 rings (SSSR count). The fourth-order valence-corrected chi connectivity index (χ4v) is 4.74. The minimum Gasteiger partial charge on any atom is -0.497 e. The first-order valence-corrected chi connectivity index (χ1v) is 11.5. The van der Waals surface area contributed by atoms with Crippen molar-refractivity contribution in [2.45, 2.75) is 20.3 Å². The summed E-state index contributed by atoms with van der Waals surface area (Å²) in [6.07, 6.45) is 3.00. The Labute approximate surface area is 186 Å². The molecule has 0 aliphatic carbocycles. The molecule has 0 aliphatic rings. The molecule has 0 radical (unpaired) electrons. The molecule has 6 nitrogen and oxygen atoms in total. The van der Waals surface area contributed by atoms with Crippen molar-refractivity contribution >= 4 is 32.4 Å². The summed E-state index contributed by atoms with van der Waals surface area (Å²) in [5.41, 5.74) is 3.72. The summed E-state index contributed by atoms with van der Waals surface area (Å²) in [7, 11) is 1.66. The van der Waals surface area contributed by atoms with Gasteiger partial charge in [0.15, 0.2) is 4.96 Å². The number of benzene rings is 2. The predicted molar refractivity (Wildman–Crippen MR) is 127 cm³/mol. The molecular formula is C24H28N4O2S. The lowest BCUT2D eigenvalue weighted by Crippen LogP contribution is -2.29. The number of imidazole rings is 1. The molecule has 0 unspecified atom stereocenters. The maximum Gasteiger partial charge on any atom is 0.251 e. The standard InChI is InChI=1S/C24H28N4O2S/c1-4-27(5-2)14-6-13-25-23(29)18-9-12-21-22(15-18)31-24-26-20(16-28(21)24)17-7-10-19(30-3)11-8-17/h7-12,15-16H,4-6,13-14H2,1-3H3,(H,25,29). The summed E-state index contributed by atoms with van der Waals surface area (Å²) in [4.78, 5) is 20.6. The number of amides is 1. The third-order valence-corrected chi connectivity index (χ3v) is 6.59. The number of nitrogens with zero attached hydrogens (tertiary/aromatic N) is 3. The fraction of sp³-hybridized carbons (Fsp3) is 0.333. The number of methoxy groups -OCH3 is 1. The molecule has 0 saturated heterocycles. The summed E-state index contributed by atoms with van der Waals surface area (Å²) in [6, 6.07) is 13.7. The van der Waals surface area contributed by atoms with Gasteiger partial charge in [0.25, 0.3) is 5.91 Å². The normalized spacial score (nSPS) is 11.5. The van der Waals surface area contributed by atoms with Crippen molar-refractivity contribution in [3.05, 3.63) is 54.2 Å². The van der Waals surface area contributed by atoms with Crippen LogP contribution in [0.4, 0.5) is 0 Å². The quantitative estimate of drug-likeness (QED) is 0.387. The van der Waals surface area contributed by atoms with Crippen LogP contribution in [0.3, 0.4) is 0 Å². The Hall–Kier alpha value is -2.90. The van der Waals surface area contributed by atoms with Crippen LogP contribution in [-0.4, -0.2) is 53.5 Å². The van der Waals surface area contributed by atoms with E-state index in [1.807, 2.05) is 48.7 Å². The topological polar surface area (TPSA) is 58.9 Å². The van der Waals surface area contributed by atoms with Crippen molar-refractivity contribution in [3.63, 3.8) is 0 Å². The Morgan fingerprint density at radius 2 is 1.94 bits per heavy atom. The van der Waals surface area contributed by atoms with Crippen LogP contribution in [0.2, 0.25) is 0 Å². The van der Waals surface area contributed by atoms with Crippen LogP contribution < -0.4 is 10.1 Å². The fourth-order valence-electron chi connectivity index (χ4n) is 3.69. The van der Waals surface area contributed by atoms with Gasteiger partial charge in [0, 0.05) is 23.9 Å². The lowest BCUT2D eigenvalue weighted by molar-refractivity contribution is 0.0952. The van der Waals surface area contributed by atoms with Crippen LogP contribution in [0.1, 0.15) is 30.6 Å². The number of carbonyl (C=O) groups is 1. The molecule has 7 heteroatoms. The highest BCUT2D eigenvalue weighted by atomic mass is 32.1. The van der Waals surface area contributed by atoms with Gasteiger partial charge in [-0.3, -0.25) is 9.20 Å². The SMILES string of the molecule is CCN(CC)CCCNC(=O)c1ccc2c(c1)sc1nc(-c3ccc(OC)cc3)cn12. The predicted octanol–water partition coefficient (Wildman–Crippen LogP) is 4.69. The van der Waals surface area contributed by atoms with Gasteiger partial charge in [0.2, 0.25) is 0 Å². The molecule has 1 N–H and O–H groups in total. The zero-order valence-electron chi connectivity index (χ0n) is 18.2. The lowest BCUT2D eigenvalue weighted by Gasteiger charge is -2.17. The van der Waals surface area contributed by atoms with Crippen LogP contribution in [0.15, 0.2) is 48.7 Å². The van der Waals surface area contributed by atoms with Gasteiger partial charge in [-0.25, -0.2) is 4.98 Å². The van der Waals surface area contributed by atoms with Crippen molar-refractivity contribution in [3.8, 4) is 17.0 Å². The smallest absolute Gasteiger partial charge is 0.251 e. The van der Waals surface area contributed by atoms with Gasteiger partial charge in [0.1, 0.15) is 5.75 Å². The number of aromatic nitrogens is 2. The Balaban J connectivity index is 1.47. The van der Waals surface area contributed by atoms with Gasteiger partial charge >= 0.3 is 0 Å². The van der Waals surface area contributed by atoms with E-state index in [1.165, 1.54) is 0 Å². The zero-order chi connectivity index (χ0) is 21.8. The first-order chi connectivity index (χ1) is 15.1. The molecule has 2 aromatic heterocycles. The number of nitrogens with one attached hydrogen (secondary N) is 1. The van der Waals surface area contributed by atoms with Gasteiger partial charge in [-0.1, -0.05) is 25.2 Å². The maximum absolute atomic E-state index is 12.6. The van der Waals surface area contributed by atoms with E-state index in [9.17, 15) is 4.79 Å². The zero-order valence-corrected chi connectivity index (χ0v) is 19.0.